The molecule has 1 aromatic heterocycles. The molecule has 4 aromatic rings. The highest BCUT2D eigenvalue weighted by atomic mass is 19.1. The van der Waals surface area contributed by atoms with E-state index in [4.69, 9.17) is 9.57 Å². The van der Waals surface area contributed by atoms with Crippen LogP contribution >= 0.6 is 0 Å². The van der Waals surface area contributed by atoms with Gasteiger partial charge >= 0.3 is 0 Å². The zero-order valence-electron chi connectivity index (χ0n) is 26.5. The van der Waals surface area contributed by atoms with Crippen LogP contribution in [0.25, 0.3) is 10.9 Å². The minimum Gasteiger partial charge on any atom is -0.492 e. The van der Waals surface area contributed by atoms with Gasteiger partial charge in [-0.25, -0.2) is 4.39 Å². The van der Waals surface area contributed by atoms with Crippen LogP contribution in [0, 0.1) is 11.7 Å². The lowest BCUT2D eigenvalue weighted by molar-refractivity contribution is -0.132. The van der Waals surface area contributed by atoms with Crippen molar-refractivity contribution < 1.29 is 18.8 Å². The maximum absolute atomic E-state index is 16.2. The highest BCUT2D eigenvalue weighted by Crippen LogP contribution is 2.45. The number of anilines is 1. The number of piperidine rings is 1. The van der Waals surface area contributed by atoms with Crippen LogP contribution in [-0.4, -0.2) is 54.4 Å². The van der Waals surface area contributed by atoms with Gasteiger partial charge in [0.25, 0.3) is 0 Å². The Morgan fingerprint density at radius 3 is 2.30 bits per heavy atom. The molecular weight excluding hydrogens is 583 g/mol. The third kappa shape index (κ3) is 5.21. The number of likely N-dealkylation sites (tertiary alicyclic amines) is 1. The number of nitrogens with zero attached hydrogens (tertiary/aromatic N) is 4. The summed E-state index contributed by atoms with van der Waals surface area (Å²) in [5, 5.41) is 4.60. The fourth-order valence-corrected chi connectivity index (χ4v) is 7.41. The van der Waals surface area contributed by atoms with E-state index in [-0.39, 0.29) is 34.7 Å². The van der Waals surface area contributed by atoms with Crippen LogP contribution in [0.2, 0.25) is 0 Å². The first-order valence-corrected chi connectivity index (χ1v) is 16.1. The Labute approximate surface area is 268 Å². The normalized spacial score (nSPS) is 19.9. The summed E-state index contributed by atoms with van der Waals surface area (Å²) in [5.74, 6) is 0.158. The van der Waals surface area contributed by atoms with E-state index in [2.05, 4.69) is 5.16 Å². The SMILES string of the molecule is COc1c(N2CC3CCCN(C(C)=O)C3C2)c(F)cc2c(=O)c(C=NOC(C)(c3ccccc3)c3ccccc3)cn(C3CC3)c12. The van der Waals surface area contributed by atoms with E-state index in [0.717, 1.165) is 43.4 Å². The summed E-state index contributed by atoms with van der Waals surface area (Å²) in [7, 11) is 1.53. The largest absolute Gasteiger partial charge is 0.492 e. The van der Waals surface area contributed by atoms with E-state index < -0.39 is 11.4 Å². The summed E-state index contributed by atoms with van der Waals surface area (Å²) >= 11 is 0. The van der Waals surface area contributed by atoms with E-state index in [1.54, 1.807) is 13.1 Å². The summed E-state index contributed by atoms with van der Waals surface area (Å²) in [6, 6.07) is 21.2. The van der Waals surface area contributed by atoms with Crippen LogP contribution in [0.4, 0.5) is 10.1 Å². The van der Waals surface area contributed by atoms with Crippen LogP contribution in [0.3, 0.4) is 0 Å². The average Bonchev–Trinajstić information content (AvgIpc) is 3.83. The van der Waals surface area contributed by atoms with Crippen molar-refractivity contribution in [2.75, 3.05) is 31.6 Å². The molecule has 46 heavy (non-hydrogen) atoms. The van der Waals surface area contributed by atoms with Crippen molar-refractivity contribution in [1.82, 2.24) is 9.47 Å². The van der Waals surface area contributed by atoms with Crippen molar-refractivity contribution in [1.29, 1.82) is 0 Å². The molecule has 9 heteroatoms. The molecule has 1 saturated carbocycles. The first-order valence-electron chi connectivity index (χ1n) is 16.1. The molecule has 3 aliphatic rings. The number of carbonyl (C=O) groups is 1. The molecule has 0 spiro atoms. The Morgan fingerprint density at radius 1 is 1.02 bits per heavy atom. The number of halogens is 1. The predicted molar refractivity (Wildman–Crippen MR) is 177 cm³/mol. The number of amides is 1. The molecule has 2 aliphatic heterocycles. The van der Waals surface area contributed by atoms with E-state index in [1.165, 1.54) is 19.4 Å². The van der Waals surface area contributed by atoms with E-state index in [0.29, 0.717) is 35.6 Å². The van der Waals surface area contributed by atoms with E-state index in [1.807, 2.05) is 82.0 Å². The minimum atomic E-state index is -0.902. The number of oxime groups is 1. The fraction of sp³-hybridized carbons (Fsp3) is 0.378. The topological polar surface area (TPSA) is 76.4 Å². The lowest BCUT2D eigenvalue weighted by Crippen LogP contribution is -2.47. The second-order valence-electron chi connectivity index (χ2n) is 12.9. The molecule has 2 unspecified atom stereocenters. The Hall–Kier alpha value is -4.66. The number of carbonyl (C=O) groups excluding carboxylic acids is 1. The van der Waals surface area contributed by atoms with Crippen molar-refractivity contribution in [3.63, 3.8) is 0 Å². The van der Waals surface area contributed by atoms with Gasteiger partial charge in [-0.3, -0.25) is 9.59 Å². The molecule has 2 atom stereocenters. The second-order valence-corrected chi connectivity index (χ2v) is 12.9. The van der Waals surface area contributed by atoms with Crippen LogP contribution < -0.4 is 15.1 Å². The van der Waals surface area contributed by atoms with Crippen LogP contribution in [-0.2, 0) is 15.2 Å². The third-order valence-electron chi connectivity index (χ3n) is 9.95. The van der Waals surface area contributed by atoms with Crippen molar-refractivity contribution in [2.45, 2.75) is 57.2 Å². The number of fused-ring (bicyclic) bond motifs is 2. The summed E-state index contributed by atoms with van der Waals surface area (Å²) in [6.45, 7) is 5.44. The highest BCUT2D eigenvalue weighted by molar-refractivity contribution is 5.95. The predicted octanol–water partition coefficient (Wildman–Crippen LogP) is 6.25. The first-order chi connectivity index (χ1) is 22.3. The first kappa shape index (κ1) is 30.0. The molecular formula is C37H39FN4O4. The summed E-state index contributed by atoms with van der Waals surface area (Å²) in [6.07, 6.45) is 7.06. The summed E-state index contributed by atoms with van der Waals surface area (Å²) in [5.41, 5.74) is 1.83. The molecule has 3 heterocycles. The van der Waals surface area contributed by atoms with Crippen molar-refractivity contribution in [2.24, 2.45) is 11.1 Å². The van der Waals surface area contributed by atoms with Crippen LogP contribution in [0.5, 0.6) is 5.75 Å². The lowest BCUT2D eigenvalue weighted by atomic mass is 9.88. The smallest absolute Gasteiger partial charge is 0.219 e. The van der Waals surface area contributed by atoms with Gasteiger partial charge < -0.3 is 23.9 Å². The molecule has 1 amide bonds. The van der Waals surface area contributed by atoms with E-state index >= 15 is 4.39 Å². The molecule has 0 bridgehead atoms. The van der Waals surface area contributed by atoms with Gasteiger partial charge in [0.2, 0.25) is 5.91 Å². The second kappa shape index (κ2) is 11.9. The van der Waals surface area contributed by atoms with Gasteiger partial charge in [-0.1, -0.05) is 65.8 Å². The molecule has 7 rings (SSSR count). The molecule has 2 saturated heterocycles. The van der Waals surface area contributed by atoms with Gasteiger partial charge in [-0.05, 0) is 44.6 Å². The van der Waals surface area contributed by atoms with Gasteiger partial charge in [0.05, 0.1) is 35.8 Å². The van der Waals surface area contributed by atoms with Crippen molar-refractivity contribution >= 4 is 28.7 Å². The molecule has 8 nitrogen and oxygen atoms in total. The molecule has 0 radical (unpaired) electrons. The van der Waals surface area contributed by atoms with Crippen molar-refractivity contribution in [3.8, 4) is 5.75 Å². The monoisotopic (exact) mass is 622 g/mol. The number of pyridine rings is 1. The number of ether oxygens (including phenoxy) is 1. The van der Waals surface area contributed by atoms with Gasteiger partial charge in [-0.15, -0.1) is 0 Å². The zero-order chi connectivity index (χ0) is 32.0. The maximum atomic E-state index is 16.2. The molecule has 238 valence electrons. The number of hydrogen-bond donors (Lipinski definition) is 0. The van der Waals surface area contributed by atoms with Crippen LogP contribution in [0.1, 0.15) is 62.3 Å². The van der Waals surface area contributed by atoms with Gasteiger partial charge in [-0.2, -0.15) is 0 Å². The average molecular weight is 623 g/mol. The Balaban J connectivity index is 1.28. The quantitative estimate of drug-likeness (QED) is 0.172. The molecule has 0 N–H and O–H groups in total. The fourth-order valence-electron chi connectivity index (χ4n) is 7.41. The molecule has 3 aromatic carbocycles. The number of hydrogen-bond acceptors (Lipinski definition) is 6. The third-order valence-corrected chi connectivity index (χ3v) is 9.95. The Kier molecular flexibility index (Phi) is 7.79. The minimum absolute atomic E-state index is 0.0349. The summed E-state index contributed by atoms with van der Waals surface area (Å²) in [4.78, 5) is 36.5. The number of methoxy groups -OCH3 is 1. The van der Waals surface area contributed by atoms with Gasteiger partial charge in [0.15, 0.2) is 22.6 Å². The number of aromatic nitrogens is 1. The lowest BCUT2D eigenvalue weighted by Gasteiger charge is -2.36. The molecule has 3 fully saturated rings. The zero-order valence-corrected chi connectivity index (χ0v) is 26.5. The van der Waals surface area contributed by atoms with Crippen LogP contribution in [0.15, 0.2) is 82.9 Å². The molecule has 1 aliphatic carbocycles. The highest BCUT2D eigenvalue weighted by Gasteiger charge is 2.42. The number of rotatable bonds is 8. The number of benzene rings is 3. The van der Waals surface area contributed by atoms with E-state index in [9.17, 15) is 9.59 Å². The van der Waals surface area contributed by atoms with Gasteiger partial charge in [0.1, 0.15) is 5.69 Å². The Morgan fingerprint density at radius 2 is 1.70 bits per heavy atom. The standard InChI is InChI=1S/C37H39FN4O4/c1-24(43)41-18-10-11-25-21-40(23-32(25)41)34-31(38)19-30-33(36(34)45-3)42(29-16-17-29)22-26(35(30)44)20-39-46-37(2,27-12-6-4-7-13-27)28-14-8-5-9-15-28/h4-9,12-15,19-20,22,25,29,32H,10-11,16-18,21,23H2,1-3H3. The van der Waals surface area contributed by atoms with Gasteiger partial charge in [0, 0.05) is 49.9 Å². The maximum Gasteiger partial charge on any atom is 0.219 e. The van der Waals surface area contributed by atoms with Crippen molar-refractivity contribution in [3.05, 3.63) is 106 Å². The summed E-state index contributed by atoms with van der Waals surface area (Å²) < 4.78 is 24.2. The Bertz CT molecular complexity index is 1820.